The Hall–Kier alpha value is -3.86. The summed E-state index contributed by atoms with van der Waals surface area (Å²) >= 11 is 0. The third-order valence-electron chi connectivity index (χ3n) is 7.82. The van der Waals surface area contributed by atoms with Crippen LogP contribution < -0.4 is 0 Å². The normalized spacial score (nSPS) is 20.8. The van der Waals surface area contributed by atoms with Crippen molar-refractivity contribution in [2.45, 2.75) is 31.5 Å². The number of piperidine rings is 1. The molecule has 3 saturated heterocycles. The lowest BCUT2D eigenvalue weighted by Gasteiger charge is -2.45. The van der Waals surface area contributed by atoms with Crippen LogP contribution in [0.15, 0.2) is 48.5 Å². The van der Waals surface area contributed by atoms with Gasteiger partial charge in [0.25, 0.3) is 11.8 Å². The molecule has 0 saturated carbocycles. The number of nitrogens with zero attached hydrogens (tertiary/aromatic N) is 4. The summed E-state index contributed by atoms with van der Waals surface area (Å²) < 4.78 is 33.1. The molecule has 11 heteroatoms. The quantitative estimate of drug-likeness (QED) is 0.595. The summed E-state index contributed by atoms with van der Waals surface area (Å²) in [6.07, 6.45) is 0.545. The molecule has 9 nitrogen and oxygen atoms in total. The molecule has 3 heterocycles. The lowest BCUT2D eigenvalue weighted by atomic mass is 9.96. The van der Waals surface area contributed by atoms with Crippen LogP contribution in [0.5, 0.6) is 0 Å². The first-order valence-corrected chi connectivity index (χ1v) is 13.0. The number of carbonyl (C=O) groups is 4. The van der Waals surface area contributed by atoms with E-state index in [0.29, 0.717) is 31.7 Å². The molecule has 2 aromatic rings. The van der Waals surface area contributed by atoms with Gasteiger partial charge in [-0.15, -0.1) is 0 Å². The van der Waals surface area contributed by atoms with Gasteiger partial charge in [-0.05, 0) is 48.5 Å². The highest BCUT2D eigenvalue weighted by Crippen LogP contribution is 2.39. The van der Waals surface area contributed by atoms with Gasteiger partial charge in [0.15, 0.2) is 0 Å². The molecule has 39 heavy (non-hydrogen) atoms. The van der Waals surface area contributed by atoms with Gasteiger partial charge in [-0.1, -0.05) is 0 Å². The van der Waals surface area contributed by atoms with Crippen molar-refractivity contribution >= 4 is 23.6 Å². The molecule has 0 unspecified atom stereocenters. The summed E-state index contributed by atoms with van der Waals surface area (Å²) in [6, 6.07) is 9.57. The number of piperazine rings is 1. The van der Waals surface area contributed by atoms with Crippen LogP contribution in [0.4, 0.5) is 8.78 Å². The molecule has 2 aromatic carbocycles. The fourth-order valence-corrected chi connectivity index (χ4v) is 5.57. The first kappa shape index (κ1) is 26.7. The number of hydrogen-bond acceptors (Lipinski definition) is 5. The molecule has 5 rings (SSSR count). The SMILES string of the molecule is CC(=O)N1CCN(C(=O)[C@@H]2COC3(CCN(C(=O)c4ccc(F)cc4)CC3)N2C(=O)c2ccc(F)cc2)CC1. The predicted molar refractivity (Wildman–Crippen MR) is 135 cm³/mol. The Kier molecular flexibility index (Phi) is 7.35. The number of ether oxygens (including phenoxy) is 1. The largest absolute Gasteiger partial charge is 0.353 e. The van der Waals surface area contributed by atoms with E-state index in [1.807, 2.05) is 0 Å². The Morgan fingerprint density at radius 2 is 1.21 bits per heavy atom. The van der Waals surface area contributed by atoms with Gasteiger partial charge < -0.3 is 19.4 Å². The Morgan fingerprint density at radius 1 is 0.718 bits per heavy atom. The van der Waals surface area contributed by atoms with Crippen molar-refractivity contribution in [2.75, 3.05) is 45.9 Å². The molecule has 0 N–H and O–H groups in total. The van der Waals surface area contributed by atoms with E-state index in [4.69, 9.17) is 4.74 Å². The molecule has 1 spiro atoms. The van der Waals surface area contributed by atoms with E-state index in [9.17, 15) is 28.0 Å². The average molecular weight is 541 g/mol. The molecule has 0 aromatic heterocycles. The predicted octanol–water partition coefficient (Wildman–Crippen LogP) is 2.13. The molecule has 0 aliphatic carbocycles. The van der Waals surface area contributed by atoms with Crippen LogP contribution in [0.2, 0.25) is 0 Å². The monoisotopic (exact) mass is 540 g/mol. The third-order valence-corrected chi connectivity index (χ3v) is 7.82. The number of carbonyl (C=O) groups excluding carboxylic acids is 4. The van der Waals surface area contributed by atoms with Crippen molar-refractivity contribution in [3.8, 4) is 0 Å². The summed E-state index contributed by atoms with van der Waals surface area (Å²) in [5.74, 6) is -1.95. The molecule has 3 aliphatic rings. The fourth-order valence-electron chi connectivity index (χ4n) is 5.57. The third kappa shape index (κ3) is 5.23. The van der Waals surface area contributed by atoms with Crippen molar-refractivity contribution in [3.05, 3.63) is 71.3 Å². The molecular weight excluding hydrogens is 510 g/mol. The molecule has 4 amide bonds. The lowest BCUT2D eigenvalue weighted by molar-refractivity contribution is -0.142. The van der Waals surface area contributed by atoms with Gasteiger partial charge in [0.2, 0.25) is 11.8 Å². The van der Waals surface area contributed by atoms with E-state index in [2.05, 4.69) is 0 Å². The van der Waals surface area contributed by atoms with Crippen LogP contribution in [0.3, 0.4) is 0 Å². The van der Waals surface area contributed by atoms with Crippen molar-refractivity contribution in [1.29, 1.82) is 0 Å². The van der Waals surface area contributed by atoms with Gasteiger partial charge in [-0.25, -0.2) is 8.78 Å². The highest BCUT2D eigenvalue weighted by molar-refractivity contribution is 5.98. The fraction of sp³-hybridized carbons (Fsp3) is 0.429. The highest BCUT2D eigenvalue weighted by Gasteiger charge is 2.55. The first-order valence-electron chi connectivity index (χ1n) is 13.0. The van der Waals surface area contributed by atoms with Gasteiger partial charge in [-0.2, -0.15) is 0 Å². The van der Waals surface area contributed by atoms with Crippen molar-refractivity contribution in [1.82, 2.24) is 19.6 Å². The standard InChI is InChI=1S/C28H30F2N4O5/c1-19(35)31-14-16-33(17-15-31)27(38)24-18-39-28(34(24)26(37)21-4-8-23(30)9-5-21)10-12-32(13-11-28)25(36)20-2-6-22(29)7-3-20/h2-9,24H,10-18H2,1H3/t24-/m0/s1. The maximum atomic E-state index is 13.8. The van der Waals surface area contributed by atoms with Crippen LogP contribution in [0.1, 0.15) is 40.5 Å². The van der Waals surface area contributed by atoms with Crippen LogP contribution in [-0.4, -0.2) is 101 Å². The topological polar surface area (TPSA) is 90.5 Å². The van der Waals surface area contributed by atoms with E-state index >= 15 is 0 Å². The van der Waals surface area contributed by atoms with Crippen LogP contribution in [0.25, 0.3) is 0 Å². The van der Waals surface area contributed by atoms with Crippen molar-refractivity contribution < 1.29 is 32.7 Å². The Morgan fingerprint density at radius 3 is 1.72 bits per heavy atom. The lowest BCUT2D eigenvalue weighted by Crippen LogP contribution is -2.61. The van der Waals surface area contributed by atoms with Gasteiger partial charge in [0, 0.05) is 70.2 Å². The zero-order valence-corrected chi connectivity index (χ0v) is 21.6. The smallest absolute Gasteiger partial charge is 0.256 e. The summed E-state index contributed by atoms with van der Waals surface area (Å²) in [7, 11) is 0. The van der Waals surface area contributed by atoms with Gasteiger partial charge >= 0.3 is 0 Å². The number of likely N-dealkylation sites (tertiary alicyclic amines) is 1. The summed E-state index contributed by atoms with van der Waals surface area (Å²) in [5, 5.41) is 0. The van der Waals surface area contributed by atoms with Crippen molar-refractivity contribution in [2.24, 2.45) is 0 Å². The summed E-state index contributed by atoms with van der Waals surface area (Å²) in [4.78, 5) is 58.6. The van der Waals surface area contributed by atoms with E-state index < -0.39 is 29.3 Å². The van der Waals surface area contributed by atoms with Gasteiger partial charge in [0.05, 0.1) is 6.61 Å². The van der Waals surface area contributed by atoms with Gasteiger partial charge in [0.1, 0.15) is 23.4 Å². The van der Waals surface area contributed by atoms with E-state index in [0.717, 1.165) is 0 Å². The molecule has 0 radical (unpaired) electrons. The highest BCUT2D eigenvalue weighted by atomic mass is 19.1. The van der Waals surface area contributed by atoms with E-state index in [1.165, 1.54) is 60.4 Å². The van der Waals surface area contributed by atoms with Crippen LogP contribution in [0, 0.1) is 11.6 Å². The van der Waals surface area contributed by atoms with Crippen LogP contribution in [-0.2, 0) is 14.3 Å². The Balaban J connectivity index is 1.37. The molecule has 3 aliphatic heterocycles. The summed E-state index contributed by atoms with van der Waals surface area (Å²) in [5.41, 5.74) is -0.533. The molecular formula is C28H30F2N4O5. The molecule has 1 atom stereocenters. The average Bonchev–Trinajstić information content (AvgIpc) is 3.31. The minimum atomic E-state index is -1.12. The number of halogens is 2. The second kappa shape index (κ2) is 10.7. The molecule has 0 bridgehead atoms. The number of benzene rings is 2. The zero-order valence-electron chi connectivity index (χ0n) is 21.6. The molecule has 206 valence electrons. The zero-order chi connectivity index (χ0) is 27.7. The minimum absolute atomic E-state index is 0.00933. The Bertz CT molecular complexity index is 1250. The first-order chi connectivity index (χ1) is 18.7. The second-order valence-electron chi connectivity index (χ2n) is 10.1. The Labute approximate surface area is 224 Å². The van der Waals surface area contributed by atoms with Crippen molar-refractivity contribution in [3.63, 3.8) is 0 Å². The van der Waals surface area contributed by atoms with E-state index in [-0.39, 0.29) is 55.8 Å². The van der Waals surface area contributed by atoms with E-state index in [1.54, 1.807) is 14.7 Å². The number of hydrogen-bond donors (Lipinski definition) is 0. The molecule has 3 fully saturated rings. The maximum absolute atomic E-state index is 13.8. The maximum Gasteiger partial charge on any atom is 0.256 e. The number of rotatable bonds is 3. The number of amides is 4. The van der Waals surface area contributed by atoms with Gasteiger partial charge in [-0.3, -0.25) is 24.1 Å². The minimum Gasteiger partial charge on any atom is -0.353 e. The second-order valence-corrected chi connectivity index (χ2v) is 10.1. The van der Waals surface area contributed by atoms with Crippen LogP contribution >= 0.6 is 0 Å². The summed E-state index contributed by atoms with van der Waals surface area (Å²) in [6.45, 7) is 3.52.